The summed E-state index contributed by atoms with van der Waals surface area (Å²) in [4.78, 5) is 43.4. The van der Waals surface area contributed by atoms with Gasteiger partial charge in [0.1, 0.15) is 11.4 Å². The van der Waals surface area contributed by atoms with Gasteiger partial charge >= 0.3 is 24.3 Å². The van der Waals surface area contributed by atoms with E-state index in [2.05, 4.69) is 5.32 Å². The van der Waals surface area contributed by atoms with Gasteiger partial charge in [-0.15, -0.1) is 0 Å². The molecule has 1 aliphatic rings. The van der Waals surface area contributed by atoms with Crippen LogP contribution in [0.1, 0.15) is 54.9 Å². The highest BCUT2D eigenvalue weighted by Crippen LogP contribution is 2.32. The second-order valence-electron chi connectivity index (χ2n) is 9.05. The van der Waals surface area contributed by atoms with Crippen LogP contribution in [0.25, 0.3) is 10.8 Å². The van der Waals surface area contributed by atoms with Gasteiger partial charge in [0, 0.05) is 11.1 Å². The third-order valence-electron chi connectivity index (χ3n) is 5.82. The van der Waals surface area contributed by atoms with Crippen molar-refractivity contribution >= 4 is 40.2 Å². The highest BCUT2D eigenvalue weighted by Gasteiger charge is 2.42. The number of benzene rings is 2. The molecule has 10 nitrogen and oxygen atoms in total. The van der Waals surface area contributed by atoms with Crippen molar-refractivity contribution in [2.45, 2.75) is 63.0 Å². The van der Waals surface area contributed by atoms with Crippen LogP contribution in [0.15, 0.2) is 36.4 Å². The molecular weight excluding hydrogens is 566 g/mol. The Morgan fingerprint density at radius 1 is 0.854 bits per heavy atom. The molecule has 41 heavy (non-hydrogen) atoms. The van der Waals surface area contributed by atoms with Gasteiger partial charge in [-0.3, -0.25) is 15.0 Å². The number of carbonyl (C=O) groups excluding carboxylic acids is 2. The van der Waals surface area contributed by atoms with Crippen molar-refractivity contribution in [3.05, 3.63) is 47.5 Å². The average Bonchev–Trinajstić information content (AvgIpc) is 2.87. The molecule has 2 aromatic rings. The molecule has 0 unspecified atom stereocenters. The quantitative estimate of drug-likeness (QED) is 0.130. The predicted molar refractivity (Wildman–Crippen MR) is 134 cm³/mol. The number of nitrogens with one attached hydrogen (secondary N) is 2. The Balaban J connectivity index is 0.000000497. The lowest BCUT2D eigenvalue weighted by atomic mass is 9.76. The van der Waals surface area contributed by atoms with Crippen molar-refractivity contribution in [3.63, 3.8) is 0 Å². The van der Waals surface area contributed by atoms with Gasteiger partial charge in [-0.2, -0.15) is 26.3 Å². The number of hydrogen-bond acceptors (Lipinski definition) is 6. The van der Waals surface area contributed by atoms with Crippen LogP contribution >= 0.6 is 0 Å². The number of aliphatic carboxylic acids is 2. The van der Waals surface area contributed by atoms with E-state index < -0.39 is 35.9 Å². The molecule has 226 valence electrons. The van der Waals surface area contributed by atoms with E-state index in [0.717, 1.165) is 30.0 Å². The van der Waals surface area contributed by atoms with Crippen molar-refractivity contribution in [2.24, 2.45) is 11.5 Å². The van der Waals surface area contributed by atoms with Crippen molar-refractivity contribution in [1.29, 1.82) is 5.41 Å². The molecular formula is C25H28F6N4O6. The van der Waals surface area contributed by atoms with Gasteiger partial charge in [-0.25, -0.2) is 9.59 Å². The Bertz CT molecular complexity index is 1260. The predicted octanol–water partition coefficient (Wildman–Crippen LogP) is 3.74. The van der Waals surface area contributed by atoms with Crippen LogP contribution < -0.4 is 16.8 Å². The Morgan fingerprint density at radius 3 is 1.61 bits per heavy atom. The molecule has 1 aliphatic carbocycles. The summed E-state index contributed by atoms with van der Waals surface area (Å²) >= 11 is 0. The zero-order valence-corrected chi connectivity index (χ0v) is 21.5. The SMILES string of the molecule is C[C@H](N)C(=O)NC1(C(=O)c2ccc3cc(C(=N)N)ccc3c2)CCCCC1.O=C(O)C(F)(F)F.O=C(O)C(F)(F)F. The zero-order valence-electron chi connectivity index (χ0n) is 21.5. The molecule has 8 N–H and O–H groups in total. The number of carbonyl (C=O) groups is 4. The van der Waals surface area contributed by atoms with Crippen molar-refractivity contribution in [3.8, 4) is 0 Å². The van der Waals surface area contributed by atoms with Gasteiger partial charge in [0.25, 0.3) is 0 Å². The number of alkyl halides is 6. The van der Waals surface area contributed by atoms with Crippen LogP contribution in [0.4, 0.5) is 26.3 Å². The molecule has 0 heterocycles. The number of carboxylic acid groups (broad SMARTS) is 2. The fraction of sp³-hybridized carbons (Fsp3) is 0.400. The molecule has 16 heteroatoms. The third kappa shape index (κ3) is 10.4. The normalized spacial score (nSPS) is 15.2. The molecule has 1 saturated carbocycles. The first kappa shape index (κ1) is 34.8. The minimum absolute atomic E-state index is 0.0110. The number of amides is 1. The van der Waals surface area contributed by atoms with E-state index in [0.29, 0.717) is 24.0 Å². The van der Waals surface area contributed by atoms with Crippen LogP contribution in [-0.2, 0) is 14.4 Å². The maximum atomic E-state index is 13.4. The maximum Gasteiger partial charge on any atom is 0.490 e. The number of rotatable bonds is 5. The molecule has 0 spiro atoms. The second kappa shape index (κ2) is 13.9. The fourth-order valence-electron chi connectivity index (χ4n) is 3.74. The summed E-state index contributed by atoms with van der Waals surface area (Å²) in [7, 11) is 0. The largest absolute Gasteiger partial charge is 0.490 e. The first-order chi connectivity index (χ1) is 18.7. The van der Waals surface area contributed by atoms with Gasteiger partial charge in [-0.05, 0) is 42.7 Å². The van der Waals surface area contributed by atoms with E-state index in [1.54, 1.807) is 19.1 Å². The Kier molecular flexibility index (Phi) is 11.8. The first-order valence-corrected chi connectivity index (χ1v) is 11.8. The lowest BCUT2D eigenvalue weighted by Crippen LogP contribution is -2.58. The topological polar surface area (TPSA) is 197 Å². The number of halogens is 6. The average molecular weight is 595 g/mol. The summed E-state index contributed by atoms with van der Waals surface area (Å²) in [5.74, 6) is -5.86. The highest BCUT2D eigenvalue weighted by molar-refractivity contribution is 6.08. The number of nitrogen functional groups attached to an aromatic ring is 1. The van der Waals surface area contributed by atoms with Crippen LogP contribution in [-0.4, -0.2) is 63.6 Å². The standard InChI is InChI=1S/C21H26N4O2.2C2HF3O2/c1-13(22)20(27)25-21(9-3-2-4-10-21)18(26)16-7-5-15-12-17(19(23)24)8-6-14(15)11-16;2*3-2(4,5)1(6)7/h5-8,11-13H,2-4,9-10,22H2,1H3,(H3,23,24)(H,25,27);2*(H,6,7)/t13-;;/m0../s1. The molecule has 0 radical (unpaired) electrons. The van der Waals surface area contributed by atoms with E-state index in [1.807, 2.05) is 24.3 Å². The molecule has 0 saturated heterocycles. The Labute approximate surface area is 229 Å². The second-order valence-corrected chi connectivity index (χ2v) is 9.05. The lowest BCUT2D eigenvalue weighted by molar-refractivity contribution is -0.193. The molecule has 0 aliphatic heterocycles. The van der Waals surface area contributed by atoms with Gasteiger partial charge in [-0.1, -0.05) is 43.5 Å². The molecule has 3 rings (SSSR count). The summed E-state index contributed by atoms with van der Waals surface area (Å²) in [6, 6.07) is 10.3. The monoisotopic (exact) mass is 594 g/mol. The smallest absolute Gasteiger partial charge is 0.475 e. The Hall–Kier alpha value is -4.21. The van der Waals surface area contributed by atoms with Gasteiger partial charge in [0.2, 0.25) is 5.91 Å². The minimum Gasteiger partial charge on any atom is -0.475 e. The summed E-state index contributed by atoms with van der Waals surface area (Å²) in [5, 5.41) is 26.6. The number of amidine groups is 1. The van der Waals surface area contributed by atoms with E-state index in [-0.39, 0.29) is 17.5 Å². The minimum atomic E-state index is -5.08. The molecule has 1 amide bonds. The van der Waals surface area contributed by atoms with Crippen LogP contribution in [0.2, 0.25) is 0 Å². The number of nitrogens with two attached hydrogens (primary N) is 2. The van der Waals surface area contributed by atoms with E-state index in [9.17, 15) is 35.9 Å². The lowest BCUT2D eigenvalue weighted by Gasteiger charge is -2.37. The zero-order chi connectivity index (χ0) is 31.8. The van der Waals surface area contributed by atoms with Crippen LogP contribution in [0.3, 0.4) is 0 Å². The summed E-state index contributed by atoms with van der Waals surface area (Å²) in [5.41, 5.74) is 11.6. The van der Waals surface area contributed by atoms with Crippen molar-refractivity contribution in [1.82, 2.24) is 5.32 Å². The van der Waals surface area contributed by atoms with E-state index in [4.69, 9.17) is 36.7 Å². The number of fused-ring (bicyclic) bond motifs is 1. The van der Waals surface area contributed by atoms with Crippen LogP contribution in [0.5, 0.6) is 0 Å². The number of carboxylic acids is 2. The van der Waals surface area contributed by atoms with Crippen LogP contribution in [0, 0.1) is 5.41 Å². The molecule has 0 aromatic heterocycles. The van der Waals surface area contributed by atoms with E-state index >= 15 is 0 Å². The number of ketones is 1. The van der Waals surface area contributed by atoms with Gasteiger partial charge in [0.15, 0.2) is 5.78 Å². The van der Waals surface area contributed by atoms with Gasteiger partial charge < -0.3 is 27.0 Å². The van der Waals surface area contributed by atoms with Gasteiger partial charge in [0.05, 0.1) is 6.04 Å². The molecule has 1 fully saturated rings. The number of hydrogen-bond donors (Lipinski definition) is 6. The maximum absolute atomic E-state index is 13.4. The molecule has 1 atom stereocenters. The molecule has 2 aromatic carbocycles. The van der Waals surface area contributed by atoms with Crippen molar-refractivity contribution < 1.29 is 55.7 Å². The molecule has 0 bridgehead atoms. The highest BCUT2D eigenvalue weighted by atomic mass is 19.4. The number of Topliss-reactive ketones (excluding diaryl/α,β-unsaturated/α-hetero) is 1. The van der Waals surface area contributed by atoms with E-state index in [1.165, 1.54) is 0 Å². The summed E-state index contributed by atoms with van der Waals surface area (Å²) in [6.07, 6.45) is -6.03. The summed E-state index contributed by atoms with van der Waals surface area (Å²) in [6.45, 7) is 1.62. The Morgan fingerprint density at radius 2 is 1.24 bits per heavy atom. The third-order valence-corrected chi connectivity index (χ3v) is 5.82. The fourth-order valence-corrected chi connectivity index (χ4v) is 3.74. The first-order valence-electron chi connectivity index (χ1n) is 11.8. The van der Waals surface area contributed by atoms with Crippen molar-refractivity contribution in [2.75, 3.05) is 0 Å². The summed E-state index contributed by atoms with van der Waals surface area (Å²) < 4.78 is 63.5.